The van der Waals surface area contributed by atoms with Gasteiger partial charge in [-0.3, -0.25) is 4.99 Å². The Balaban J connectivity index is 0. The van der Waals surface area contributed by atoms with Gasteiger partial charge in [-0.1, -0.05) is 20.8 Å². The number of nitrogens with one attached hydrogen (secondary N) is 1. The van der Waals surface area contributed by atoms with Gasteiger partial charge in [-0.05, 0) is 32.6 Å². The minimum absolute atomic E-state index is 0. The van der Waals surface area contributed by atoms with Crippen LogP contribution in [0, 0.1) is 11.8 Å². The van der Waals surface area contributed by atoms with Crippen molar-refractivity contribution in [3.63, 3.8) is 0 Å². The number of nitrogens with two attached hydrogens (primary N) is 1. The molecule has 132 valence electrons. The molecule has 0 radical (unpaired) electrons. The summed E-state index contributed by atoms with van der Waals surface area (Å²) in [6, 6.07) is 0. The molecule has 0 fully saturated rings. The normalized spacial score (nSPS) is 13.4. The van der Waals surface area contributed by atoms with Crippen LogP contribution in [0.15, 0.2) is 4.99 Å². The highest BCUT2D eigenvalue weighted by atomic mass is 127. The monoisotopic (exact) mass is 428 g/mol. The Morgan fingerprint density at radius 2 is 1.86 bits per heavy atom. The van der Waals surface area contributed by atoms with Gasteiger partial charge in [0.05, 0.1) is 0 Å². The van der Waals surface area contributed by atoms with E-state index in [1.165, 1.54) is 0 Å². The van der Waals surface area contributed by atoms with Crippen molar-refractivity contribution in [1.82, 2.24) is 10.2 Å². The summed E-state index contributed by atoms with van der Waals surface area (Å²) < 4.78 is 5.31. The van der Waals surface area contributed by atoms with Crippen molar-refractivity contribution in [3.05, 3.63) is 0 Å². The fraction of sp³-hybridized carbons (Fsp3) is 0.867. The molecule has 7 heteroatoms. The first-order valence-electron chi connectivity index (χ1n) is 7.49. The van der Waals surface area contributed by atoms with Gasteiger partial charge >= 0.3 is 6.09 Å². The number of aliphatic imine (C=N–C) groups is 1. The lowest BCUT2D eigenvalue weighted by molar-refractivity contribution is 0.0278. The van der Waals surface area contributed by atoms with E-state index in [4.69, 9.17) is 10.5 Å². The Hall–Kier alpha value is -0.730. The average Bonchev–Trinajstić information content (AvgIpc) is 2.31. The molecule has 0 heterocycles. The number of guanidine groups is 1. The smallest absolute Gasteiger partial charge is 0.410 e. The van der Waals surface area contributed by atoms with Crippen molar-refractivity contribution in [2.75, 3.05) is 26.7 Å². The standard InChI is InChI=1S/C15H32N4O2.HI/c1-11(2)8-17-13(16)18-9-12(3)10-19(7)14(20)21-15(4,5)6;/h11-12H,8-10H2,1-7H3,(H3,16,17,18);1H. The maximum Gasteiger partial charge on any atom is 0.410 e. The number of hydrogen-bond acceptors (Lipinski definition) is 3. The van der Waals surface area contributed by atoms with Crippen LogP contribution in [-0.2, 0) is 4.74 Å². The van der Waals surface area contributed by atoms with Crippen LogP contribution in [0.1, 0.15) is 41.5 Å². The van der Waals surface area contributed by atoms with Gasteiger partial charge in [-0.15, -0.1) is 24.0 Å². The van der Waals surface area contributed by atoms with Gasteiger partial charge in [-0.2, -0.15) is 0 Å². The predicted octanol–water partition coefficient (Wildman–Crippen LogP) is 2.67. The van der Waals surface area contributed by atoms with Gasteiger partial charge in [0.25, 0.3) is 0 Å². The van der Waals surface area contributed by atoms with Crippen LogP contribution in [-0.4, -0.2) is 49.2 Å². The zero-order chi connectivity index (χ0) is 16.6. The summed E-state index contributed by atoms with van der Waals surface area (Å²) in [6.45, 7) is 13.8. The second kappa shape index (κ2) is 10.9. The molecule has 0 aromatic carbocycles. The van der Waals surface area contributed by atoms with Crippen molar-refractivity contribution >= 4 is 36.0 Å². The summed E-state index contributed by atoms with van der Waals surface area (Å²) in [4.78, 5) is 17.7. The van der Waals surface area contributed by atoms with E-state index in [-0.39, 0.29) is 36.0 Å². The molecule has 0 rings (SSSR count). The number of carbonyl (C=O) groups is 1. The molecule has 0 aliphatic rings. The first-order valence-corrected chi connectivity index (χ1v) is 7.49. The largest absolute Gasteiger partial charge is 0.444 e. The molecule has 1 unspecified atom stereocenters. The molecule has 0 aliphatic heterocycles. The lowest BCUT2D eigenvalue weighted by atomic mass is 10.1. The van der Waals surface area contributed by atoms with Crippen LogP contribution in [0.5, 0.6) is 0 Å². The zero-order valence-corrected chi connectivity index (χ0v) is 17.3. The van der Waals surface area contributed by atoms with E-state index in [2.05, 4.69) is 24.2 Å². The molecule has 0 saturated heterocycles. The predicted molar refractivity (Wildman–Crippen MR) is 103 cm³/mol. The number of halogens is 1. The van der Waals surface area contributed by atoms with Gasteiger partial charge in [-0.25, -0.2) is 4.79 Å². The van der Waals surface area contributed by atoms with Gasteiger partial charge in [0.15, 0.2) is 5.96 Å². The van der Waals surface area contributed by atoms with E-state index in [0.717, 1.165) is 0 Å². The average molecular weight is 428 g/mol. The quantitative estimate of drug-likeness (QED) is 0.387. The van der Waals surface area contributed by atoms with Gasteiger partial charge < -0.3 is 20.7 Å². The van der Waals surface area contributed by atoms with Crippen molar-refractivity contribution in [3.8, 4) is 0 Å². The van der Waals surface area contributed by atoms with Crippen LogP contribution in [0.4, 0.5) is 4.79 Å². The van der Waals surface area contributed by atoms with Crippen LogP contribution in [0.2, 0.25) is 0 Å². The summed E-state index contributed by atoms with van der Waals surface area (Å²) in [5.41, 5.74) is 5.31. The fourth-order valence-corrected chi connectivity index (χ4v) is 1.56. The first kappa shape index (κ1) is 23.5. The molecular formula is C15H33IN4O2. The van der Waals surface area contributed by atoms with Crippen molar-refractivity contribution in [2.24, 2.45) is 22.6 Å². The second-order valence-electron chi connectivity index (χ2n) is 6.97. The van der Waals surface area contributed by atoms with E-state index in [0.29, 0.717) is 31.5 Å². The lowest BCUT2D eigenvalue weighted by Crippen LogP contribution is -2.41. The van der Waals surface area contributed by atoms with Gasteiger partial charge in [0.1, 0.15) is 5.60 Å². The molecule has 1 amide bonds. The SMILES string of the molecule is CC(C)CN=C(N)NCC(C)CN(C)C(=O)OC(C)(C)C.I. The third kappa shape index (κ3) is 13.0. The summed E-state index contributed by atoms with van der Waals surface area (Å²) >= 11 is 0. The topological polar surface area (TPSA) is 80.0 Å². The number of hydrogen-bond donors (Lipinski definition) is 2. The number of nitrogens with zero attached hydrogens (tertiary/aromatic N) is 2. The third-order valence-electron chi connectivity index (χ3n) is 2.55. The Kier molecular flexibility index (Phi) is 11.7. The number of amides is 1. The van der Waals surface area contributed by atoms with Crippen molar-refractivity contribution in [1.29, 1.82) is 0 Å². The van der Waals surface area contributed by atoms with E-state index in [9.17, 15) is 4.79 Å². The zero-order valence-electron chi connectivity index (χ0n) is 15.0. The summed E-state index contributed by atoms with van der Waals surface area (Å²) in [7, 11) is 1.74. The molecule has 22 heavy (non-hydrogen) atoms. The molecule has 0 aromatic heterocycles. The molecule has 1 atom stereocenters. The van der Waals surface area contributed by atoms with Crippen molar-refractivity contribution < 1.29 is 9.53 Å². The summed E-state index contributed by atoms with van der Waals surface area (Å²) in [6.07, 6.45) is -0.309. The molecular weight excluding hydrogens is 395 g/mol. The summed E-state index contributed by atoms with van der Waals surface area (Å²) in [5, 5.41) is 3.08. The first-order chi connectivity index (χ1) is 9.51. The molecule has 0 saturated carbocycles. The number of rotatable bonds is 6. The van der Waals surface area contributed by atoms with E-state index >= 15 is 0 Å². The maximum atomic E-state index is 11.8. The van der Waals surface area contributed by atoms with Crippen LogP contribution in [0.3, 0.4) is 0 Å². The highest BCUT2D eigenvalue weighted by molar-refractivity contribution is 14.0. The number of carbonyl (C=O) groups excluding carboxylic acids is 1. The highest BCUT2D eigenvalue weighted by Gasteiger charge is 2.20. The van der Waals surface area contributed by atoms with Crippen LogP contribution in [0.25, 0.3) is 0 Å². The highest BCUT2D eigenvalue weighted by Crippen LogP contribution is 2.10. The number of ether oxygens (including phenoxy) is 1. The second-order valence-corrected chi connectivity index (χ2v) is 6.97. The minimum Gasteiger partial charge on any atom is -0.444 e. The van der Waals surface area contributed by atoms with Crippen LogP contribution >= 0.6 is 24.0 Å². The van der Waals surface area contributed by atoms with Crippen molar-refractivity contribution in [2.45, 2.75) is 47.1 Å². The third-order valence-corrected chi connectivity index (χ3v) is 2.55. The van der Waals surface area contributed by atoms with Gasteiger partial charge in [0, 0.05) is 26.7 Å². The Bertz CT molecular complexity index is 354. The molecule has 0 spiro atoms. The van der Waals surface area contributed by atoms with E-state index < -0.39 is 5.60 Å². The van der Waals surface area contributed by atoms with E-state index in [1.807, 2.05) is 27.7 Å². The lowest BCUT2D eigenvalue weighted by Gasteiger charge is -2.26. The fourth-order valence-electron chi connectivity index (χ4n) is 1.56. The van der Waals surface area contributed by atoms with E-state index in [1.54, 1.807) is 11.9 Å². The molecule has 0 aromatic rings. The maximum absolute atomic E-state index is 11.8. The van der Waals surface area contributed by atoms with Crippen LogP contribution < -0.4 is 11.1 Å². The Morgan fingerprint density at radius 3 is 2.32 bits per heavy atom. The molecule has 0 aliphatic carbocycles. The Morgan fingerprint density at radius 1 is 1.32 bits per heavy atom. The Labute approximate surface area is 152 Å². The molecule has 6 nitrogen and oxygen atoms in total. The molecule has 3 N–H and O–H groups in total. The minimum atomic E-state index is -0.471. The van der Waals surface area contributed by atoms with Gasteiger partial charge in [0.2, 0.25) is 0 Å². The molecule has 0 bridgehead atoms. The summed E-state index contributed by atoms with van der Waals surface area (Å²) in [5.74, 6) is 1.19.